The van der Waals surface area contributed by atoms with Crippen molar-refractivity contribution in [3.63, 3.8) is 0 Å². The number of anilines is 2. The normalized spacial score (nSPS) is 9.93. The fourth-order valence-corrected chi connectivity index (χ4v) is 1.27. The third-order valence-electron chi connectivity index (χ3n) is 1.98. The predicted octanol–water partition coefficient (Wildman–Crippen LogP) is 1.97. The molecule has 4 heteroatoms. The Kier molecular flexibility index (Phi) is 3.56. The third-order valence-corrected chi connectivity index (χ3v) is 1.98. The van der Waals surface area contributed by atoms with Gasteiger partial charge >= 0.3 is 0 Å². The lowest BCUT2D eigenvalue weighted by molar-refractivity contribution is 0.412. The number of nitrogens with two attached hydrogens (primary N) is 1. The van der Waals surface area contributed by atoms with Crippen LogP contribution in [0, 0.1) is 6.92 Å². The number of benzene rings is 1. The summed E-state index contributed by atoms with van der Waals surface area (Å²) < 4.78 is 17.1. The van der Waals surface area contributed by atoms with Crippen LogP contribution in [0.2, 0.25) is 0 Å². The number of rotatable bonds is 4. The molecule has 78 valence electrons. The molecular formula is C10H15FN2O. The van der Waals surface area contributed by atoms with E-state index < -0.39 is 6.67 Å². The molecule has 0 aliphatic carbocycles. The van der Waals surface area contributed by atoms with Crippen molar-refractivity contribution in [1.82, 2.24) is 0 Å². The standard InChI is InChI=1S/C10H15FN2O/c1-7-5-8(12)9(13-4-3-11)6-10(7)14-2/h5-6,13H,3-4,12H2,1-2H3. The molecule has 0 aromatic heterocycles. The molecule has 1 aromatic carbocycles. The number of hydrogen-bond donors (Lipinski definition) is 2. The van der Waals surface area contributed by atoms with Gasteiger partial charge in [0.2, 0.25) is 0 Å². The number of methoxy groups -OCH3 is 1. The SMILES string of the molecule is COc1cc(NCCF)c(N)cc1C. The van der Waals surface area contributed by atoms with E-state index in [1.54, 1.807) is 19.2 Å². The van der Waals surface area contributed by atoms with Crippen LogP contribution in [0.5, 0.6) is 5.75 Å². The summed E-state index contributed by atoms with van der Waals surface area (Å²) in [5.74, 6) is 0.751. The number of halogens is 1. The van der Waals surface area contributed by atoms with E-state index in [1.807, 2.05) is 6.92 Å². The monoisotopic (exact) mass is 198 g/mol. The molecule has 0 radical (unpaired) electrons. The average Bonchev–Trinajstić information content (AvgIpc) is 2.17. The predicted molar refractivity (Wildman–Crippen MR) is 56.6 cm³/mol. The van der Waals surface area contributed by atoms with Crippen LogP contribution >= 0.6 is 0 Å². The molecular weight excluding hydrogens is 183 g/mol. The smallest absolute Gasteiger partial charge is 0.123 e. The third kappa shape index (κ3) is 2.28. The lowest BCUT2D eigenvalue weighted by Crippen LogP contribution is -2.06. The van der Waals surface area contributed by atoms with E-state index in [4.69, 9.17) is 10.5 Å². The summed E-state index contributed by atoms with van der Waals surface area (Å²) in [5.41, 5.74) is 8.03. The summed E-state index contributed by atoms with van der Waals surface area (Å²) in [4.78, 5) is 0. The zero-order valence-electron chi connectivity index (χ0n) is 8.43. The molecule has 0 saturated heterocycles. The van der Waals surface area contributed by atoms with Crippen LogP contribution in [0.4, 0.5) is 15.8 Å². The van der Waals surface area contributed by atoms with Crippen molar-refractivity contribution in [3.05, 3.63) is 17.7 Å². The molecule has 3 N–H and O–H groups in total. The number of nitrogens with one attached hydrogen (secondary N) is 1. The first-order valence-corrected chi connectivity index (χ1v) is 4.43. The van der Waals surface area contributed by atoms with Crippen LogP contribution in [0.25, 0.3) is 0 Å². The largest absolute Gasteiger partial charge is 0.496 e. The highest BCUT2D eigenvalue weighted by Crippen LogP contribution is 2.28. The summed E-state index contributed by atoms with van der Waals surface area (Å²) in [6, 6.07) is 3.58. The van der Waals surface area contributed by atoms with Crippen LogP contribution in [-0.2, 0) is 0 Å². The molecule has 0 spiro atoms. The summed E-state index contributed by atoms with van der Waals surface area (Å²) >= 11 is 0. The molecule has 0 bridgehead atoms. The van der Waals surface area contributed by atoms with Crippen LogP contribution in [0.1, 0.15) is 5.56 Å². The number of aryl methyl sites for hydroxylation is 1. The lowest BCUT2D eigenvalue weighted by atomic mass is 10.1. The van der Waals surface area contributed by atoms with Gasteiger partial charge in [0.05, 0.1) is 18.5 Å². The Balaban J connectivity index is 2.92. The fraction of sp³-hybridized carbons (Fsp3) is 0.400. The highest BCUT2D eigenvalue weighted by molar-refractivity contribution is 5.70. The molecule has 14 heavy (non-hydrogen) atoms. The van der Waals surface area contributed by atoms with Crippen LogP contribution in [-0.4, -0.2) is 20.3 Å². The Morgan fingerprint density at radius 1 is 1.50 bits per heavy atom. The summed E-state index contributed by atoms with van der Waals surface area (Å²) in [6.07, 6.45) is 0. The van der Waals surface area contributed by atoms with E-state index in [0.717, 1.165) is 11.3 Å². The topological polar surface area (TPSA) is 47.3 Å². The van der Waals surface area contributed by atoms with Crippen LogP contribution in [0.15, 0.2) is 12.1 Å². The summed E-state index contributed by atoms with van der Waals surface area (Å²) in [6.45, 7) is 1.75. The Labute approximate surface area is 83.1 Å². The van der Waals surface area contributed by atoms with Gasteiger partial charge in [-0.2, -0.15) is 0 Å². The molecule has 0 atom stereocenters. The minimum Gasteiger partial charge on any atom is -0.496 e. The summed E-state index contributed by atoms with van der Waals surface area (Å²) in [7, 11) is 1.59. The van der Waals surface area contributed by atoms with Gasteiger partial charge in [0, 0.05) is 12.6 Å². The van der Waals surface area contributed by atoms with Gasteiger partial charge in [-0.1, -0.05) is 0 Å². The first-order chi connectivity index (χ1) is 6.69. The van der Waals surface area contributed by atoms with Crippen molar-refractivity contribution < 1.29 is 9.13 Å². The Hall–Kier alpha value is -1.45. The van der Waals surface area contributed by atoms with Gasteiger partial charge in [-0.15, -0.1) is 0 Å². The molecule has 0 unspecified atom stereocenters. The van der Waals surface area contributed by atoms with E-state index in [9.17, 15) is 4.39 Å². The van der Waals surface area contributed by atoms with Crippen molar-refractivity contribution in [3.8, 4) is 5.75 Å². The second-order valence-corrected chi connectivity index (χ2v) is 3.02. The molecule has 0 saturated carbocycles. The van der Waals surface area contributed by atoms with Crippen molar-refractivity contribution in [2.75, 3.05) is 31.4 Å². The van der Waals surface area contributed by atoms with E-state index >= 15 is 0 Å². The minimum atomic E-state index is -0.421. The maximum Gasteiger partial charge on any atom is 0.123 e. The maximum atomic E-state index is 11.9. The van der Waals surface area contributed by atoms with Gasteiger partial charge in [0.1, 0.15) is 12.4 Å². The van der Waals surface area contributed by atoms with Gasteiger partial charge in [0.25, 0.3) is 0 Å². The average molecular weight is 198 g/mol. The maximum absolute atomic E-state index is 11.9. The molecule has 3 nitrogen and oxygen atoms in total. The quantitative estimate of drug-likeness (QED) is 0.727. The van der Waals surface area contributed by atoms with E-state index in [1.165, 1.54) is 0 Å². The molecule has 0 heterocycles. The van der Waals surface area contributed by atoms with Gasteiger partial charge < -0.3 is 15.8 Å². The van der Waals surface area contributed by atoms with Gasteiger partial charge in [0.15, 0.2) is 0 Å². The second kappa shape index (κ2) is 4.69. The van der Waals surface area contributed by atoms with Gasteiger partial charge in [-0.3, -0.25) is 0 Å². The second-order valence-electron chi connectivity index (χ2n) is 3.02. The molecule has 1 aromatic rings. The van der Waals surface area contributed by atoms with Crippen molar-refractivity contribution in [1.29, 1.82) is 0 Å². The first-order valence-electron chi connectivity index (χ1n) is 4.43. The molecule has 0 aliphatic heterocycles. The van der Waals surface area contributed by atoms with Crippen molar-refractivity contribution in [2.45, 2.75) is 6.92 Å². The van der Waals surface area contributed by atoms with Crippen LogP contribution in [0.3, 0.4) is 0 Å². The zero-order valence-corrected chi connectivity index (χ0v) is 8.43. The molecule has 0 amide bonds. The highest BCUT2D eigenvalue weighted by atomic mass is 19.1. The van der Waals surface area contributed by atoms with Gasteiger partial charge in [-0.05, 0) is 18.6 Å². The van der Waals surface area contributed by atoms with Crippen LogP contribution < -0.4 is 15.8 Å². The van der Waals surface area contributed by atoms with Crippen molar-refractivity contribution >= 4 is 11.4 Å². The van der Waals surface area contributed by atoms with Crippen molar-refractivity contribution in [2.24, 2.45) is 0 Å². The Bertz CT molecular complexity index is 315. The Morgan fingerprint density at radius 2 is 2.21 bits per heavy atom. The van der Waals surface area contributed by atoms with Gasteiger partial charge in [-0.25, -0.2) is 4.39 Å². The number of hydrogen-bond acceptors (Lipinski definition) is 3. The highest BCUT2D eigenvalue weighted by Gasteiger charge is 2.04. The Morgan fingerprint density at radius 3 is 2.79 bits per heavy atom. The minimum absolute atomic E-state index is 0.260. The summed E-state index contributed by atoms with van der Waals surface area (Å²) in [5, 5.41) is 2.88. The van der Waals surface area contributed by atoms with E-state index in [2.05, 4.69) is 5.32 Å². The zero-order chi connectivity index (χ0) is 10.6. The number of nitrogen functional groups attached to an aromatic ring is 1. The number of alkyl halides is 1. The lowest BCUT2D eigenvalue weighted by Gasteiger charge is -2.11. The number of ether oxygens (including phenoxy) is 1. The molecule has 0 aliphatic rings. The molecule has 1 rings (SSSR count). The van der Waals surface area contributed by atoms with E-state index in [-0.39, 0.29) is 6.54 Å². The fourth-order valence-electron chi connectivity index (χ4n) is 1.27. The first kappa shape index (κ1) is 10.6. The molecule has 0 fully saturated rings. The van der Waals surface area contributed by atoms with E-state index in [0.29, 0.717) is 11.4 Å².